The normalized spacial score (nSPS) is 13.3. The molecule has 0 bridgehead atoms. The molecule has 0 aromatic heterocycles. The lowest BCUT2D eigenvalue weighted by atomic mass is 10.1. The summed E-state index contributed by atoms with van der Waals surface area (Å²) in [4.78, 5) is 52.2. The maximum Gasteiger partial charge on any atom is 0.469 e. The lowest BCUT2D eigenvalue weighted by Crippen LogP contribution is -2.29. The van der Waals surface area contributed by atoms with E-state index in [1.807, 2.05) is 6.08 Å². The Kier molecular flexibility index (Phi) is 19.6. The van der Waals surface area contributed by atoms with Crippen LogP contribution in [0.5, 0.6) is 0 Å². The van der Waals surface area contributed by atoms with Gasteiger partial charge in [-0.3, -0.25) is 18.9 Å². The van der Waals surface area contributed by atoms with Crippen molar-refractivity contribution in [2.24, 2.45) is 0 Å². The predicted octanol–water partition coefficient (Wildman–Crippen LogP) is 4.90. The molecule has 198 valence electrons. The largest absolute Gasteiger partial charge is 0.469 e. The van der Waals surface area contributed by atoms with Gasteiger partial charge in [0, 0.05) is 19.8 Å². The molecule has 0 aliphatic carbocycles. The Morgan fingerprint density at radius 1 is 0.886 bits per heavy atom. The maximum absolute atomic E-state index is 11.9. The molecule has 0 aromatic carbocycles. The molecule has 0 aliphatic heterocycles. The summed E-state index contributed by atoms with van der Waals surface area (Å²) >= 11 is 0. The van der Waals surface area contributed by atoms with Crippen molar-refractivity contribution < 1.29 is 42.7 Å². The summed E-state index contributed by atoms with van der Waals surface area (Å²) < 4.78 is 24.8. The summed E-state index contributed by atoms with van der Waals surface area (Å²) in [5, 5.41) is 0. The van der Waals surface area contributed by atoms with E-state index < -0.39 is 39.1 Å². The highest BCUT2D eigenvalue weighted by molar-refractivity contribution is 7.46. The van der Waals surface area contributed by atoms with Crippen molar-refractivity contribution in [1.82, 2.24) is 0 Å². The van der Waals surface area contributed by atoms with E-state index in [0.717, 1.165) is 26.2 Å². The summed E-state index contributed by atoms with van der Waals surface area (Å²) in [6.07, 6.45) is 21.0. The van der Waals surface area contributed by atoms with Crippen molar-refractivity contribution in [3.05, 3.63) is 48.6 Å². The number of phosphoric ester groups is 1. The van der Waals surface area contributed by atoms with Crippen molar-refractivity contribution in [3.8, 4) is 0 Å². The van der Waals surface area contributed by atoms with Crippen LogP contribution in [0.2, 0.25) is 0 Å². The SMILES string of the molecule is CCCCC/C=C\C/C=C\C/C=C\C=C\C(=O)CCCC(=O)O[C@H](COC(C)=O)COP(=O)(O)O. The van der Waals surface area contributed by atoms with Gasteiger partial charge < -0.3 is 19.3 Å². The van der Waals surface area contributed by atoms with E-state index in [-0.39, 0.29) is 25.0 Å². The Morgan fingerprint density at radius 2 is 1.57 bits per heavy atom. The second-order valence-corrected chi connectivity index (χ2v) is 8.96. The Morgan fingerprint density at radius 3 is 2.23 bits per heavy atom. The summed E-state index contributed by atoms with van der Waals surface area (Å²) in [6, 6.07) is 0. The molecule has 10 heteroatoms. The van der Waals surface area contributed by atoms with Crippen LogP contribution >= 0.6 is 7.82 Å². The molecule has 0 aliphatic rings. The average molecular weight is 515 g/mol. The van der Waals surface area contributed by atoms with Crippen LogP contribution in [0.4, 0.5) is 0 Å². The number of hydrogen-bond acceptors (Lipinski definition) is 7. The number of ketones is 1. The third kappa shape index (κ3) is 24.6. The standard InChI is InChI=1S/C25H39O9P/c1-3-4-5-6-7-8-9-10-11-12-13-14-15-17-23(27)18-16-19-25(28)34-24(20-32-22(2)26)21-33-35(29,30)31/h7-8,10-11,13-15,17,24H,3-6,9,12,16,18-21H2,1-2H3,(H2,29,30,31)/b8-7-,11-10-,14-13-,17-15+/t24-/m1/s1. The van der Waals surface area contributed by atoms with E-state index in [2.05, 4.69) is 35.8 Å². The molecule has 0 rings (SSSR count). The molecule has 0 heterocycles. The molecule has 9 nitrogen and oxygen atoms in total. The van der Waals surface area contributed by atoms with Gasteiger partial charge in [-0.25, -0.2) is 4.57 Å². The first-order chi connectivity index (χ1) is 16.6. The molecule has 0 radical (unpaired) electrons. The number of rotatable bonds is 20. The Bertz CT molecular complexity index is 778. The number of allylic oxidation sites excluding steroid dienone is 8. The van der Waals surface area contributed by atoms with Gasteiger partial charge in [0.25, 0.3) is 0 Å². The van der Waals surface area contributed by atoms with Gasteiger partial charge in [-0.2, -0.15) is 0 Å². The predicted molar refractivity (Wildman–Crippen MR) is 133 cm³/mol. The number of carbonyl (C=O) groups is 3. The second-order valence-electron chi connectivity index (χ2n) is 7.72. The van der Waals surface area contributed by atoms with Gasteiger partial charge >= 0.3 is 19.8 Å². The number of hydrogen-bond donors (Lipinski definition) is 2. The lowest BCUT2D eigenvalue weighted by molar-refractivity contribution is -0.160. The third-order valence-electron chi connectivity index (χ3n) is 4.38. The fraction of sp³-hybridized carbons (Fsp3) is 0.560. The smallest absolute Gasteiger partial charge is 0.462 e. The van der Waals surface area contributed by atoms with E-state index in [1.165, 1.54) is 25.3 Å². The molecular formula is C25H39O9P. The number of phosphoric acid groups is 1. The first-order valence-electron chi connectivity index (χ1n) is 11.8. The lowest BCUT2D eigenvalue weighted by Gasteiger charge is -2.17. The Hall–Kier alpha value is -2.32. The van der Waals surface area contributed by atoms with Gasteiger partial charge in [0.2, 0.25) is 0 Å². The first kappa shape index (κ1) is 32.7. The van der Waals surface area contributed by atoms with Crippen molar-refractivity contribution in [2.45, 2.75) is 77.7 Å². The minimum atomic E-state index is -4.77. The molecule has 0 fully saturated rings. The first-order valence-corrected chi connectivity index (χ1v) is 13.4. The van der Waals surface area contributed by atoms with E-state index in [4.69, 9.17) is 19.3 Å². The molecule has 0 amide bonds. The van der Waals surface area contributed by atoms with Gasteiger partial charge in [0.15, 0.2) is 11.9 Å². The van der Waals surface area contributed by atoms with E-state index in [9.17, 15) is 18.9 Å². The molecule has 0 saturated heterocycles. The van der Waals surface area contributed by atoms with Crippen LogP contribution in [0.15, 0.2) is 48.6 Å². The van der Waals surface area contributed by atoms with Crippen LogP contribution in [-0.2, 0) is 32.9 Å². The summed E-state index contributed by atoms with van der Waals surface area (Å²) in [7, 11) is -4.77. The van der Waals surface area contributed by atoms with E-state index in [1.54, 1.807) is 12.2 Å². The second kappa shape index (κ2) is 21.0. The van der Waals surface area contributed by atoms with Crippen molar-refractivity contribution >= 4 is 25.5 Å². The molecule has 35 heavy (non-hydrogen) atoms. The summed E-state index contributed by atoms with van der Waals surface area (Å²) in [5.74, 6) is -1.49. The molecular weight excluding hydrogens is 475 g/mol. The quantitative estimate of drug-likeness (QED) is 0.0581. The zero-order valence-corrected chi connectivity index (χ0v) is 21.6. The van der Waals surface area contributed by atoms with Crippen LogP contribution in [0.25, 0.3) is 0 Å². The molecule has 0 aromatic rings. The highest BCUT2D eigenvalue weighted by Crippen LogP contribution is 2.35. The van der Waals surface area contributed by atoms with Crippen molar-refractivity contribution in [1.29, 1.82) is 0 Å². The number of unbranched alkanes of at least 4 members (excludes halogenated alkanes) is 3. The highest BCUT2D eigenvalue weighted by atomic mass is 31.2. The maximum atomic E-state index is 11.9. The number of ether oxygens (including phenoxy) is 2. The number of esters is 2. The highest BCUT2D eigenvalue weighted by Gasteiger charge is 2.22. The van der Waals surface area contributed by atoms with Gasteiger partial charge in [-0.05, 0) is 38.2 Å². The summed E-state index contributed by atoms with van der Waals surface area (Å²) in [5.41, 5.74) is 0. The van der Waals surface area contributed by atoms with Crippen LogP contribution in [0, 0.1) is 0 Å². The van der Waals surface area contributed by atoms with E-state index >= 15 is 0 Å². The van der Waals surface area contributed by atoms with Crippen molar-refractivity contribution in [3.63, 3.8) is 0 Å². The zero-order valence-electron chi connectivity index (χ0n) is 20.7. The topological polar surface area (TPSA) is 136 Å². The van der Waals surface area contributed by atoms with Crippen LogP contribution in [0.3, 0.4) is 0 Å². The monoisotopic (exact) mass is 514 g/mol. The van der Waals surface area contributed by atoms with E-state index in [0.29, 0.717) is 0 Å². The zero-order chi connectivity index (χ0) is 26.4. The molecule has 0 spiro atoms. The number of carbonyl (C=O) groups excluding carboxylic acids is 3. The Balaban J connectivity index is 4.12. The minimum absolute atomic E-state index is 0.0836. The molecule has 2 N–H and O–H groups in total. The fourth-order valence-corrected chi connectivity index (χ4v) is 3.00. The molecule has 1 atom stereocenters. The van der Waals surface area contributed by atoms with Gasteiger partial charge in [-0.1, -0.05) is 62.3 Å². The fourth-order valence-electron chi connectivity index (χ4n) is 2.64. The van der Waals surface area contributed by atoms with Gasteiger partial charge in [0.05, 0.1) is 6.61 Å². The Labute approximate surface area is 208 Å². The summed E-state index contributed by atoms with van der Waals surface area (Å²) in [6.45, 7) is 2.29. The molecule has 0 unspecified atom stereocenters. The van der Waals surface area contributed by atoms with Crippen LogP contribution in [-0.4, -0.2) is 46.8 Å². The van der Waals surface area contributed by atoms with Gasteiger partial charge in [0.1, 0.15) is 6.61 Å². The minimum Gasteiger partial charge on any atom is -0.462 e. The van der Waals surface area contributed by atoms with Gasteiger partial charge in [-0.15, -0.1) is 0 Å². The third-order valence-corrected chi connectivity index (χ3v) is 4.87. The van der Waals surface area contributed by atoms with Crippen LogP contribution in [0.1, 0.15) is 71.6 Å². The molecule has 0 saturated carbocycles. The van der Waals surface area contributed by atoms with Crippen LogP contribution < -0.4 is 0 Å². The average Bonchev–Trinajstić information content (AvgIpc) is 2.78. The van der Waals surface area contributed by atoms with Crippen molar-refractivity contribution in [2.75, 3.05) is 13.2 Å².